The van der Waals surface area contributed by atoms with E-state index in [0.717, 1.165) is 27.6 Å². The summed E-state index contributed by atoms with van der Waals surface area (Å²) >= 11 is 0. The van der Waals surface area contributed by atoms with E-state index in [1.165, 1.54) is 0 Å². The van der Waals surface area contributed by atoms with Gasteiger partial charge in [-0.05, 0) is 34.2 Å². The number of hydrogen-bond acceptors (Lipinski definition) is 2. The molecule has 0 atom stereocenters. The Morgan fingerprint density at radius 2 is 1.47 bits per heavy atom. The number of pyridine rings is 1. The zero-order valence-electron chi connectivity index (χ0n) is 18.7. The number of anilines is 1. The van der Waals surface area contributed by atoms with E-state index in [-0.39, 0.29) is 22.8 Å². The predicted octanol–water partition coefficient (Wildman–Crippen LogP) is 5.99. The summed E-state index contributed by atoms with van der Waals surface area (Å²) in [5, 5.41) is 4.01. The Morgan fingerprint density at radius 3 is 2.03 bits per heavy atom. The van der Waals surface area contributed by atoms with Gasteiger partial charge in [0.15, 0.2) is 0 Å². The highest BCUT2D eigenvalue weighted by Gasteiger charge is 2.20. The number of rotatable bonds is 5. The summed E-state index contributed by atoms with van der Waals surface area (Å²) in [7, 11) is 0. The summed E-state index contributed by atoms with van der Waals surface area (Å²) in [6.45, 7) is 6.26. The minimum Gasteiger partial charge on any atom is -0.326 e. The number of aromatic nitrogens is 1. The molecule has 2 N–H and O–H groups in total. The van der Waals surface area contributed by atoms with Crippen LogP contribution in [0.25, 0.3) is 10.9 Å². The van der Waals surface area contributed by atoms with Gasteiger partial charge in [-0.1, -0.05) is 87.5 Å². The van der Waals surface area contributed by atoms with Gasteiger partial charge in [-0.15, -0.1) is 0 Å². The molecule has 4 aromatic rings. The van der Waals surface area contributed by atoms with E-state index in [1.54, 1.807) is 6.07 Å². The summed E-state index contributed by atoms with van der Waals surface area (Å²) in [4.78, 5) is 28.1. The Labute approximate surface area is 188 Å². The molecule has 0 spiro atoms. The number of carbonyl (C=O) groups is 1. The highest BCUT2D eigenvalue weighted by molar-refractivity contribution is 5.94. The summed E-state index contributed by atoms with van der Waals surface area (Å²) < 4.78 is 0. The van der Waals surface area contributed by atoms with Gasteiger partial charge in [0.1, 0.15) is 0 Å². The lowest BCUT2D eigenvalue weighted by Crippen LogP contribution is -2.18. The quantitative estimate of drug-likeness (QED) is 0.414. The van der Waals surface area contributed by atoms with Crippen molar-refractivity contribution in [2.75, 3.05) is 5.32 Å². The minimum atomic E-state index is -0.157. The van der Waals surface area contributed by atoms with Crippen molar-refractivity contribution in [1.29, 1.82) is 0 Å². The number of H-pyrrole nitrogens is 1. The third kappa shape index (κ3) is 4.80. The van der Waals surface area contributed by atoms with E-state index < -0.39 is 0 Å². The van der Waals surface area contributed by atoms with Gasteiger partial charge in [-0.2, -0.15) is 0 Å². The zero-order chi connectivity index (χ0) is 22.7. The molecule has 4 nitrogen and oxygen atoms in total. The molecule has 0 bridgehead atoms. The lowest BCUT2D eigenvalue weighted by Gasteiger charge is -2.21. The number of aromatic amines is 1. The summed E-state index contributed by atoms with van der Waals surface area (Å²) in [5.41, 5.74) is 4.29. The van der Waals surface area contributed by atoms with Crippen LogP contribution in [0.3, 0.4) is 0 Å². The average molecular weight is 425 g/mol. The van der Waals surface area contributed by atoms with Crippen LogP contribution in [0.1, 0.15) is 49.8 Å². The summed E-state index contributed by atoms with van der Waals surface area (Å²) in [5.74, 6) is -0.110. The van der Waals surface area contributed by atoms with Crippen LogP contribution in [0.2, 0.25) is 0 Å². The van der Waals surface area contributed by atoms with Crippen LogP contribution in [0.5, 0.6) is 0 Å². The first kappa shape index (κ1) is 21.6. The first-order valence-electron chi connectivity index (χ1n) is 10.9. The Morgan fingerprint density at radius 1 is 0.875 bits per heavy atom. The molecular weight excluding hydrogens is 396 g/mol. The topological polar surface area (TPSA) is 62.0 Å². The summed E-state index contributed by atoms with van der Waals surface area (Å²) in [6.07, 6.45) is 0.324. The fourth-order valence-corrected chi connectivity index (χ4v) is 4.15. The molecule has 4 rings (SSSR count). The van der Waals surface area contributed by atoms with Crippen LogP contribution in [-0.4, -0.2) is 10.9 Å². The largest absolute Gasteiger partial charge is 0.326 e. The second kappa shape index (κ2) is 8.83. The van der Waals surface area contributed by atoms with Crippen LogP contribution in [-0.2, 0) is 10.2 Å². The Hall–Kier alpha value is -3.66. The van der Waals surface area contributed by atoms with Crippen molar-refractivity contribution >= 4 is 22.5 Å². The van der Waals surface area contributed by atoms with Crippen LogP contribution < -0.4 is 10.9 Å². The van der Waals surface area contributed by atoms with Crippen molar-refractivity contribution in [2.45, 2.75) is 38.5 Å². The standard InChI is InChI=1S/C28H28N2O2/c1-28(2,3)24-18-27(32)30-25-16-21(14-15-22(24)25)29-26(31)17-23(19-10-6-4-7-11-19)20-12-8-5-9-13-20/h4-16,18,23H,17H2,1-3H3,(H,29,31)(H,30,32). The maximum atomic E-state index is 13.0. The first-order chi connectivity index (χ1) is 15.3. The van der Waals surface area contributed by atoms with E-state index in [4.69, 9.17) is 0 Å². The zero-order valence-corrected chi connectivity index (χ0v) is 18.7. The van der Waals surface area contributed by atoms with Crippen molar-refractivity contribution in [3.63, 3.8) is 0 Å². The van der Waals surface area contributed by atoms with Crippen LogP contribution >= 0.6 is 0 Å². The van der Waals surface area contributed by atoms with Gasteiger partial charge in [0, 0.05) is 29.5 Å². The average Bonchev–Trinajstić information content (AvgIpc) is 2.77. The van der Waals surface area contributed by atoms with E-state index in [1.807, 2.05) is 54.6 Å². The minimum absolute atomic E-state index is 0.0369. The molecule has 32 heavy (non-hydrogen) atoms. The SMILES string of the molecule is CC(C)(C)c1cc(=O)[nH]c2cc(NC(=O)CC(c3ccccc3)c3ccccc3)ccc12. The molecule has 4 heteroatoms. The van der Waals surface area contributed by atoms with Gasteiger partial charge in [-0.3, -0.25) is 9.59 Å². The smallest absolute Gasteiger partial charge is 0.248 e. The van der Waals surface area contributed by atoms with E-state index in [0.29, 0.717) is 12.1 Å². The normalized spacial score (nSPS) is 11.6. The molecule has 0 saturated heterocycles. The third-order valence-electron chi connectivity index (χ3n) is 5.73. The number of amides is 1. The molecule has 0 fully saturated rings. The van der Waals surface area contributed by atoms with E-state index in [2.05, 4.69) is 55.3 Å². The number of hydrogen-bond donors (Lipinski definition) is 2. The molecule has 3 aromatic carbocycles. The number of carbonyl (C=O) groups excluding carboxylic acids is 1. The van der Waals surface area contributed by atoms with Crippen LogP contribution in [0, 0.1) is 0 Å². The van der Waals surface area contributed by atoms with Crippen molar-refractivity contribution < 1.29 is 4.79 Å². The monoisotopic (exact) mass is 424 g/mol. The molecule has 1 amide bonds. The lowest BCUT2D eigenvalue weighted by molar-refractivity contribution is -0.116. The molecule has 0 aliphatic rings. The second-order valence-electron chi connectivity index (χ2n) is 9.18. The first-order valence-corrected chi connectivity index (χ1v) is 10.9. The predicted molar refractivity (Wildman–Crippen MR) is 131 cm³/mol. The second-order valence-corrected chi connectivity index (χ2v) is 9.18. The Balaban J connectivity index is 1.61. The van der Waals surface area contributed by atoms with E-state index in [9.17, 15) is 9.59 Å². The van der Waals surface area contributed by atoms with Gasteiger partial charge < -0.3 is 10.3 Å². The summed E-state index contributed by atoms with van der Waals surface area (Å²) in [6, 6.07) is 27.5. The van der Waals surface area contributed by atoms with Crippen molar-refractivity contribution in [1.82, 2.24) is 4.98 Å². The molecule has 0 radical (unpaired) electrons. The fraction of sp³-hybridized carbons (Fsp3) is 0.214. The van der Waals surface area contributed by atoms with Gasteiger partial charge >= 0.3 is 0 Å². The molecule has 162 valence electrons. The molecule has 0 unspecified atom stereocenters. The number of fused-ring (bicyclic) bond motifs is 1. The van der Waals surface area contributed by atoms with Crippen molar-refractivity contribution in [2.24, 2.45) is 0 Å². The van der Waals surface area contributed by atoms with Crippen molar-refractivity contribution in [3.8, 4) is 0 Å². The Kier molecular flexibility index (Phi) is 5.95. The van der Waals surface area contributed by atoms with Crippen LogP contribution in [0.15, 0.2) is 89.7 Å². The van der Waals surface area contributed by atoms with Gasteiger partial charge in [0.05, 0.1) is 5.52 Å². The maximum Gasteiger partial charge on any atom is 0.248 e. The fourth-order valence-electron chi connectivity index (χ4n) is 4.15. The molecule has 1 heterocycles. The lowest BCUT2D eigenvalue weighted by atomic mass is 9.85. The van der Waals surface area contributed by atoms with Gasteiger partial charge in [0.25, 0.3) is 0 Å². The molecule has 1 aromatic heterocycles. The van der Waals surface area contributed by atoms with Crippen molar-refractivity contribution in [3.05, 3.63) is 112 Å². The van der Waals surface area contributed by atoms with Gasteiger partial charge in [0.2, 0.25) is 11.5 Å². The molecule has 0 saturated carbocycles. The molecule has 0 aliphatic heterocycles. The maximum absolute atomic E-state index is 13.0. The Bertz CT molecular complexity index is 1250. The molecular formula is C28H28N2O2. The van der Waals surface area contributed by atoms with Crippen LogP contribution in [0.4, 0.5) is 5.69 Å². The number of benzene rings is 3. The molecule has 0 aliphatic carbocycles. The number of nitrogens with one attached hydrogen (secondary N) is 2. The highest BCUT2D eigenvalue weighted by Crippen LogP contribution is 2.31. The highest BCUT2D eigenvalue weighted by atomic mass is 16.1. The van der Waals surface area contributed by atoms with Gasteiger partial charge in [-0.25, -0.2) is 0 Å². The van der Waals surface area contributed by atoms with E-state index >= 15 is 0 Å². The third-order valence-corrected chi connectivity index (χ3v) is 5.73.